The van der Waals surface area contributed by atoms with Gasteiger partial charge in [0.05, 0.1) is 30.6 Å². The van der Waals surface area contributed by atoms with Crippen molar-refractivity contribution in [2.45, 2.75) is 239 Å². The highest BCUT2D eigenvalue weighted by Gasteiger charge is 2.49. The molecule has 1 N–H and O–H groups in total. The van der Waals surface area contributed by atoms with E-state index in [4.69, 9.17) is 27.8 Å². The van der Waals surface area contributed by atoms with E-state index in [-0.39, 0.29) is 102 Å². The van der Waals surface area contributed by atoms with Gasteiger partial charge in [-0.05, 0) is 160 Å². The van der Waals surface area contributed by atoms with Gasteiger partial charge in [0.2, 0.25) is 0 Å². The molecule has 3 aromatic rings. The molecule has 0 aliphatic rings. The van der Waals surface area contributed by atoms with Gasteiger partial charge in [-0.25, -0.2) is 0 Å². The molecule has 0 aliphatic carbocycles. The monoisotopic (exact) mass is 1420 g/mol. The van der Waals surface area contributed by atoms with Gasteiger partial charge in [-0.1, -0.05) is 241 Å². The van der Waals surface area contributed by atoms with Gasteiger partial charge >= 0.3 is 0 Å². The molecule has 0 bridgehead atoms. The summed E-state index contributed by atoms with van der Waals surface area (Å²) >= 11 is 0. The maximum atomic E-state index is 9.73. The standard InChI is InChI=1S/C49H76O3PSi.C31H62O4Si.HI/c1-15-16-26-38(3)42(7)43(8)48(52-54(13,14)49(9,10)11)40(5)34-37(2)33-39(4)47(51-36-50-12)41(6)35-53(44-27-20-17-21-28-44,45-29-22-18-23-30-45)46-31-24-19-25-32-46;1-15-16-17-23(3)27(7)28(8)30(35-36(13,14)31(9,10)11)25(5)19-22(2)18-24(4)29(26(6)20-32)34-21-33-12;/h16-33,38-43,47-48H,15,34-36H2,1-14H3;16-18,23-30,32H,15,19-21H2,1-14H3;1H/q+1;;/p-1/b26-16-,37-33-;17-16-,22-18-;/t38?,39-,40-,41?,42-,43+,47+,48+;23?,24-,25-,26?,27-,28+,29+,30+;/m00./s1. The summed E-state index contributed by atoms with van der Waals surface area (Å²) in [4.78, 5) is 0. The van der Waals surface area contributed by atoms with Crippen LogP contribution < -0.4 is 39.9 Å². The zero-order chi connectivity index (χ0) is 68.4. The lowest BCUT2D eigenvalue weighted by atomic mass is 9.77. The third-order valence-corrected chi connectivity index (χ3v) is 34.6. The predicted octanol–water partition coefficient (Wildman–Crippen LogP) is 18.0. The quantitative estimate of drug-likeness (QED) is 0.0201. The smallest absolute Gasteiger partial charge is 0.192 e. The number of rotatable bonds is 38. The molecule has 7 nitrogen and oxygen atoms in total. The van der Waals surface area contributed by atoms with E-state index in [2.05, 4.69) is 299 Å². The second-order valence-corrected chi connectivity index (χ2v) is 43.9. The molecule has 0 heterocycles. The number of aliphatic hydroxyl groups excluding tert-OH is 1. The van der Waals surface area contributed by atoms with E-state index in [1.54, 1.807) is 14.2 Å². The Kier molecular flexibility index (Phi) is 40.0. The molecule has 4 unspecified atom stereocenters. The van der Waals surface area contributed by atoms with Crippen LogP contribution in [0.3, 0.4) is 0 Å². The minimum Gasteiger partial charge on any atom is -1.00 e. The average Bonchev–Trinajstić information content (AvgIpc) is 0.777. The Morgan fingerprint density at radius 1 is 0.462 bits per heavy atom. The maximum absolute atomic E-state index is 9.73. The van der Waals surface area contributed by atoms with Gasteiger partial charge in [-0.3, -0.25) is 0 Å². The Morgan fingerprint density at radius 3 is 1.04 bits per heavy atom. The molecule has 91 heavy (non-hydrogen) atoms. The molecule has 0 amide bonds. The van der Waals surface area contributed by atoms with Crippen molar-refractivity contribution in [2.75, 3.05) is 40.6 Å². The molecule has 0 saturated heterocycles. The second-order valence-electron chi connectivity index (χ2n) is 30.8. The summed E-state index contributed by atoms with van der Waals surface area (Å²) in [6.45, 7) is 61.4. The molecule has 3 rings (SSSR count). The Morgan fingerprint density at radius 2 is 0.769 bits per heavy atom. The van der Waals surface area contributed by atoms with Crippen molar-refractivity contribution >= 4 is 39.8 Å². The summed E-state index contributed by atoms with van der Waals surface area (Å²) in [6, 6.07) is 33.6. The van der Waals surface area contributed by atoms with E-state index < -0.39 is 23.9 Å². The van der Waals surface area contributed by atoms with E-state index >= 15 is 0 Å². The van der Waals surface area contributed by atoms with Crippen LogP contribution in [0.1, 0.15) is 178 Å². The molecule has 3 aromatic carbocycles. The highest BCUT2D eigenvalue weighted by molar-refractivity contribution is 7.95. The molecule has 11 heteroatoms. The van der Waals surface area contributed by atoms with Crippen molar-refractivity contribution in [2.24, 2.45) is 71.0 Å². The summed E-state index contributed by atoms with van der Waals surface area (Å²) in [5.74, 6) is 4.41. The molecule has 16 atom stereocenters. The summed E-state index contributed by atoms with van der Waals surface area (Å²) in [7, 11) is -2.61. The van der Waals surface area contributed by atoms with Crippen LogP contribution >= 0.6 is 7.26 Å². The van der Waals surface area contributed by atoms with Gasteiger partial charge in [0, 0.05) is 44.5 Å². The highest BCUT2D eigenvalue weighted by Crippen LogP contribution is 2.57. The number of aliphatic hydroxyl groups is 1. The first-order chi connectivity index (χ1) is 42.0. The number of halogens is 1. The topological polar surface area (TPSA) is 75.6 Å². The number of ether oxygens (including phenoxy) is 4. The van der Waals surface area contributed by atoms with Crippen molar-refractivity contribution in [3.8, 4) is 0 Å². The van der Waals surface area contributed by atoms with Crippen LogP contribution in [-0.4, -0.2) is 86.7 Å². The van der Waals surface area contributed by atoms with Crippen LogP contribution in [0, 0.1) is 71.0 Å². The van der Waals surface area contributed by atoms with Crippen molar-refractivity contribution in [1.29, 1.82) is 0 Å². The molecule has 0 aliphatic heterocycles. The molecule has 520 valence electrons. The minimum atomic E-state index is -2.03. The number of hydrogen-bond donors (Lipinski definition) is 1. The van der Waals surface area contributed by atoms with Crippen LogP contribution in [0.2, 0.25) is 36.3 Å². The Hall–Kier alpha value is -2.07. The zero-order valence-electron chi connectivity index (χ0n) is 63.2. The summed E-state index contributed by atoms with van der Waals surface area (Å²) in [5.41, 5.74) is 2.76. The first-order valence-electron chi connectivity index (χ1n) is 34.9. The molecule has 0 spiro atoms. The molecule has 0 radical (unpaired) electrons. The fourth-order valence-corrected chi connectivity index (χ4v) is 20.6. The van der Waals surface area contributed by atoms with Gasteiger partial charge in [0.1, 0.15) is 36.8 Å². The van der Waals surface area contributed by atoms with E-state index in [1.165, 1.54) is 27.1 Å². The van der Waals surface area contributed by atoms with E-state index in [0.717, 1.165) is 31.8 Å². The number of methoxy groups -OCH3 is 2. The first kappa shape index (κ1) is 86.9. The molecule has 0 saturated carbocycles. The number of allylic oxidation sites excluding steroid dienone is 6. The van der Waals surface area contributed by atoms with Gasteiger partial charge in [0.25, 0.3) is 0 Å². The number of hydrogen-bond acceptors (Lipinski definition) is 7. The fraction of sp³-hybridized carbons (Fsp3) is 0.675. The Balaban J connectivity index is 0.000000978. The molecule has 0 aromatic heterocycles. The predicted molar refractivity (Wildman–Crippen MR) is 400 cm³/mol. The van der Waals surface area contributed by atoms with Gasteiger partial charge in [-0.2, -0.15) is 0 Å². The Bertz CT molecular complexity index is 2430. The van der Waals surface area contributed by atoms with Gasteiger partial charge < -0.3 is 56.9 Å². The second kappa shape index (κ2) is 41.9. The first-order valence-corrected chi connectivity index (χ1v) is 42.7. The normalized spacial score (nSPS) is 18.7. The third kappa shape index (κ3) is 27.1. The van der Waals surface area contributed by atoms with Gasteiger partial charge in [-0.15, -0.1) is 0 Å². The molecule has 0 fully saturated rings. The average molecular weight is 1430 g/mol. The largest absolute Gasteiger partial charge is 1.00 e. The number of benzene rings is 3. The summed E-state index contributed by atoms with van der Waals surface area (Å²) in [6.07, 6.45) is 19.7. The zero-order valence-corrected chi connectivity index (χ0v) is 68.3. The van der Waals surface area contributed by atoms with Crippen LogP contribution in [0.4, 0.5) is 0 Å². The van der Waals surface area contributed by atoms with Crippen molar-refractivity contribution in [3.05, 3.63) is 139 Å². The summed E-state index contributed by atoms with van der Waals surface area (Å²) < 4.78 is 37.9. The maximum Gasteiger partial charge on any atom is 0.192 e. The van der Waals surface area contributed by atoms with E-state index in [0.29, 0.717) is 47.3 Å². The SMILES string of the molecule is CC/C=C\C(C)[C@H](C)[C@@H](C)[C@H](O[Si](C)(C)C(C)(C)C)[C@@H](C)C/C(C)=C\[C@H](C)[C@@H](OCOC)C(C)CO.CC/C=C\C(C)[C@H](C)[C@@H](C)[C@H](O[Si](C)(C)C(C)(C)C)[C@@H](C)C/C(C)=C\[C@H](C)[C@@H](OCOC)C(C)C[P+](c1ccccc1)(c1ccccc1)c1ccccc1.[I-]. The minimum absolute atomic E-state index is 0. The third-order valence-electron chi connectivity index (χ3n) is 21.0. The van der Waals surface area contributed by atoms with Crippen LogP contribution in [0.5, 0.6) is 0 Å². The lowest BCUT2D eigenvalue weighted by Gasteiger charge is -2.44. The van der Waals surface area contributed by atoms with Crippen LogP contribution in [0.25, 0.3) is 0 Å². The van der Waals surface area contributed by atoms with Crippen molar-refractivity contribution in [1.82, 2.24) is 0 Å². The molecular formula is C80H138IO7PSi2. The fourth-order valence-electron chi connectivity index (χ4n) is 13.0. The van der Waals surface area contributed by atoms with Crippen LogP contribution in [-0.2, 0) is 27.8 Å². The van der Waals surface area contributed by atoms with Crippen LogP contribution in [0.15, 0.2) is 139 Å². The van der Waals surface area contributed by atoms with Crippen molar-refractivity contribution in [3.63, 3.8) is 0 Å². The van der Waals surface area contributed by atoms with E-state index in [1.807, 2.05) is 6.92 Å². The molecular weight excluding hydrogens is 1290 g/mol. The van der Waals surface area contributed by atoms with E-state index in [9.17, 15) is 5.11 Å². The summed E-state index contributed by atoms with van der Waals surface area (Å²) in [5, 5.41) is 14.3. The van der Waals surface area contributed by atoms with Gasteiger partial charge in [0.15, 0.2) is 16.6 Å². The van der Waals surface area contributed by atoms with Crippen molar-refractivity contribution < 1.29 is 56.9 Å². The Labute approximate surface area is 581 Å². The lowest BCUT2D eigenvalue weighted by Crippen LogP contribution is -3.00. The highest BCUT2D eigenvalue weighted by atomic mass is 127. The lowest BCUT2D eigenvalue weighted by molar-refractivity contribution is -0.107.